The maximum atomic E-state index is 11.7. The molecule has 3 N–H and O–H groups in total. The smallest absolute Gasteiger partial charge is 0.257 e. The molecule has 2 aromatic carbocycles. The number of ether oxygens (including phenoxy) is 1. The van der Waals surface area contributed by atoms with Crippen LogP contribution in [0.2, 0.25) is 0 Å². The molecule has 0 aliphatic heterocycles. The molecule has 0 bridgehead atoms. The predicted octanol–water partition coefficient (Wildman–Crippen LogP) is 2.31. The molecular formula is C17H20N2O2. The number of nitrogen functional groups attached to an aromatic ring is 1. The molecule has 0 unspecified atom stereocenters. The van der Waals surface area contributed by atoms with Crippen LogP contribution in [0.4, 0.5) is 5.69 Å². The SMILES string of the molecule is Cc1cccc(CCNC(=O)COc2ccccc2N)c1. The summed E-state index contributed by atoms with van der Waals surface area (Å²) in [5.41, 5.74) is 8.71. The second-order valence-electron chi connectivity index (χ2n) is 4.92. The third-order valence-electron chi connectivity index (χ3n) is 3.10. The van der Waals surface area contributed by atoms with Crippen LogP contribution in [0.1, 0.15) is 11.1 Å². The van der Waals surface area contributed by atoms with Crippen molar-refractivity contribution in [2.45, 2.75) is 13.3 Å². The summed E-state index contributed by atoms with van der Waals surface area (Å²) >= 11 is 0. The Labute approximate surface area is 124 Å². The lowest BCUT2D eigenvalue weighted by atomic mass is 10.1. The first-order chi connectivity index (χ1) is 10.1. The van der Waals surface area contributed by atoms with Crippen LogP contribution >= 0.6 is 0 Å². The van der Waals surface area contributed by atoms with Crippen molar-refractivity contribution in [3.63, 3.8) is 0 Å². The summed E-state index contributed by atoms with van der Waals surface area (Å²) in [5.74, 6) is 0.386. The molecule has 0 saturated carbocycles. The van der Waals surface area contributed by atoms with Gasteiger partial charge >= 0.3 is 0 Å². The molecule has 1 amide bonds. The van der Waals surface area contributed by atoms with Gasteiger partial charge in [0.2, 0.25) is 0 Å². The highest BCUT2D eigenvalue weighted by atomic mass is 16.5. The summed E-state index contributed by atoms with van der Waals surface area (Å²) in [5, 5.41) is 2.84. The highest BCUT2D eigenvalue weighted by Crippen LogP contribution is 2.19. The number of para-hydroxylation sites is 2. The Morgan fingerprint density at radius 1 is 1.19 bits per heavy atom. The van der Waals surface area contributed by atoms with Gasteiger partial charge in [-0.15, -0.1) is 0 Å². The van der Waals surface area contributed by atoms with Crippen LogP contribution in [-0.4, -0.2) is 19.1 Å². The fourth-order valence-corrected chi connectivity index (χ4v) is 2.02. The molecule has 4 heteroatoms. The Balaban J connectivity index is 1.72. The summed E-state index contributed by atoms with van der Waals surface area (Å²) in [6.45, 7) is 2.62. The fourth-order valence-electron chi connectivity index (χ4n) is 2.02. The first-order valence-electron chi connectivity index (χ1n) is 6.94. The summed E-state index contributed by atoms with van der Waals surface area (Å²) in [4.78, 5) is 11.7. The molecule has 0 saturated heterocycles. The van der Waals surface area contributed by atoms with E-state index in [4.69, 9.17) is 10.5 Å². The van der Waals surface area contributed by atoms with Gasteiger partial charge in [-0.3, -0.25) is 4.79 Å². The maximum Gasteiger partial charge on any atom is 0.257 e. The predicted molar refractivity (Wildman–Crippen MR) is 84.2 cm³/mol. The average Bonchev–Trinajstić information content (AvgIpc) is 2.46. The van der Waals surface area contributed by atoms with Gasteiger partial charge in [0, 0.05) is 6.54 Å². The molecule has 0 aliphatic rings. The summed E-state index contributed by atoms with van der Waals surface area (Å²) in [7, 11) is 0. The van der Waals surface area contributed by atoms with Crippen LogP contribution in [0.3, 0.4) is 0 Å². The molecule has 4 nitrogen and oxygen atoms in total. The van der Waals surface area contributed by atoms with E-state index in [0.29, 0.717) is 18.0 Å². The van der Waals surface area contributed by atoms with Crippen LogP contribution in [0.5, 0.6) is 5.75 Å². The minimum absolute atomic E-state index is 0.0258. The molecule has 0 aliphatic carbocycles. The molecule has 0 aromatic heterocycles. The first kappa shape index (κ1) is 14.9. The van der Waals surface area contributed by atoms with Crippen molar-refractivity contribution >= 4 is 11.6 Å². The van der Waals surface area contributed by atoms with Crippen molar-refractivity contribution in [3.8, 4) is 5.75 Å². The third kappa shape index (κ3) is 4.84. The normalized spacial score (nSPS) is 10.1. The number of aryl methyl sites for hydroxylation is 1. The number of carbonyl (C=O) groups excluding carboxylic acids is 1. The van der Waals surface area contributed by atoms with Gasteiger partial charge in [0.1, 0.15) is 5.75 Å². The number of nitrogens with two attached hydrogens (primary N) is 1. The maximum absolute atomic E-state index is 11.7. The summed E-state index contributed by atoms with van der Waals surface area (Å²) in [6.07, 6.45) is 0.806. The van der Waals surface area contributed by atoms with Crippen molar-refractivity contribution < 1.29 is 9.53 Å². The standard InChI is InChI=1S/C17H20N2O2/c1-13-5-4-6-14(11-13)9-10-19-17(20)12-21-16-8-3-2-7-15(16)18/h2-8,11H,9-10,12,18H2,1H3,(H,19,20). The van der Waals surface area contributed by atoms with Gasteiger partial charge in [-0.25, -0.2) is 0 Å². The molecule has 2 rings (SSSR count). The second-order valence-corrected chi connectivity index (χ2v) is 4.92. The number of carbonyl (C=O) groups is 1. The molecular weight excluding hydrogens is 264 g/mol. The number of rotatable bonds is 6. The van der Waals surface area contributed by atoms with E-state index in [0.717, 1.165) is 6.42 Å². The van der Waals surface area contributed by atoms with Gasteiger partial charge in [-0.1, -0.05) is 42.0 Å². The lowest BCUT2D eigenvalue weighted by Crippen LogP contribution is -2.30. The van der Waals surface area contributed by atoms with E-state index in [2.05, 4.69) is 30.4 Å². The molecule has 0 spiro atoms. The van der Waals surface area contributed by atoms with Crippen LogP contribution in [-0.2, 0) is 11.2 Å². The van der Waals surface area contributed by atoms with E-state index in [9.17, 15) is 4.79 Å². The Kier molecular flexibility index (Phi) is 5.21. The molecule has 0 atom stereocenters. The Morgan fingerprint density at radius 2 is 2.00 bits per heavy atom. The zero-order valence-electron chi connectivity index (χ0n) is 12.1. The molecule has 0 fully saturated rings. The number of anilines is 1. The number of hydrogen-bond acceptors (Lipinski definition) is 3. The van der Waals surface area contributed by atoms with Gasteiger partial charge in [-0.2, -0.15) is 0 Å². The minimum Gasteiger partial charge on any atom is -0.482 e. The van der Waals surface area contributed by atoms with E-state index < -0.39 is 0 Å². The number of hydrogen-bond donors (Lipinski definition) is 2. The minimum atomic E-state index is -0.147. The first-order valence-corrected chi connectivity index (χ1v) is 6.94. The van der Waals surface area contributed by atoms with E-state index in [1.807, 2.05) is 18.2 Å². The molecule has 110 valence electrons. The second kappa shape index (κ2) is 7.33. The van der Waals surface area contributed by atoms with Crippen LogP contribution < -0.4 is 15.8 Å². The third-order valence-corrected chi connectivity index (χ3v) is 3.10. The lowest BCUT2D eigenvalue weighted by Gasteiger charge is -2.09. The number of amides is 1. The van der Waals surface area contributed by atoms with E-state index in [1.54, 1.807) is 12.1 Å². The Bertz CT molecular complexity index is 611. The summed E-state index contributed by atoms with van der Waals surface area (Å²) < 4.78 is 5.38. The van der Waals surface area contributed by atoms with Crippen LogP contribution in [0.25, 0.3) is 0 Å². The van der Waals surface area contributed by atoms with Crippen LogP contribution in [0, 0.1) is 6.92 Å². The monoisotopic (exact) mass is 284 g/mol. The average molecular weight is 284 g/mol. The highest BCUT2D eigenvalue weighted by Gasteiger charge is 2.04. The van der Waals surface area contributed by atoms with Gasteiger partial charge < -0.3 is 15.8 Å². The topological polar surface area (TPSA) is 64.3 Å². The molecule has 2 aromatic rings. The van der Waals surface area contributed by atoms with Gasteiger partial charge in [0.15, 0.2) is 6.61 Å². The van der Waals surface area contributed by atoms with Crippen molar-refractivity contribution in [2.75, 3.05) is 18.9 Å². The van der Waals surface area contributed by atoms with Gasteiger partial charge in [0.05, 0.1) is 5.69 Å². The van der Waals surface area contributed by atoms with Crippen LogP contribution in [0.15, 0.2) is 48.5 Å². The highest BCUT2D eigenvalue weighted by molar-refractivity contribution is 5.77. The largest absolute Gasteiger partial charge is 0.482 e. The molecule has 0 heterocycles. The molecule has 0 radical (unpaired) electrons. The van der Waals surface area contributed by atoms with Crippen molar-refractivity contribution in [2.24, 2.45) is 0 Å². The van der Waals surface area contributed by atoms with E-state index in [1.165, 1.54) is 11.1 Å². The van der Waals surface area contributed by atoms with Gasteiger partial charge in [-0.05, 0) is 31.0 Å². The number of benzene rings is 2. The Hall–Kier alpha value is -2.49. The van der Waals surface area contributed by atoms with Crippen molar-refractivity contribution in [3.05, 3.63) is 59.7 Å². The Morgan fingerprint density at radius 3 is 2.76 bits per heavy atom. The van der Waals surface area contributed by atoms with E-state index in [-0.39, 0.29) is 12.5 Å². The van der Waals surface area contributed by atoms with E-state index >= 15 is 0 Å². The lowest BCUT2D eigenvalue weighted by molar-refractivity contribution is -0.123. The number of nitrogens with one attached hydrogen (secondary N) is 1. The zero-order valence-corrected chi connectivity index (χ0v) is 12.1. The van der Waals surface area contributed by atoms with Crippen molar-refractivity contribution in [1.29, 1.82) is 0 Å². The van der Waals surface area contributed by atoms with Crippen molar-refractivity contribution in [1.82, 2.24) is 5.32 Å². The molecule has 21 heavy (non-hydrogen) atoms. The van der Waals surface area contributed by atoms with Gasteiger partial charge in [0.25, 0.3) is 5.91 Å². The zero-order chi connectivity index (χ0) is 15.1. The summed E-state index contributed by atoms with van der Waals surface area (Å²) in [6, 6.07) is 15.4. The fraction of sp³-hybridized carbons (Fsp3) is 0.235. The quantitative estimate of drug-likeness (QED) is 0.800.